The highest BCUT2D eigenvalue weighted by atomic mass is 32.2. The summed E-state index contributed by atoms with van der Waals surface area (Å²) in [5, 5.41) is 13.9. The van der Waals surface area contributed by atoms with Crippen molar-refractivity contribution in [1.29, 1.82) is 0 Å². The quantitative estimate of drug-likeness (QED) is 0.0719. The zero-order valence-electron chi connectivity index (χ0n) is 29.8. The standard InChI is InChI=1S/C36H55N3O8SSi/c1-36(2)46-27-31-24-30(16-17-34(31)47-36)33(40)25-38-18-9-6-7-10-19-44-20-11-8-13-29-14-12-15-32(23-29)48(42,43)39(26-35(37)41)28-45-21-22-49(3,4)5/h12,14-17,23-24,33,38,40H,6-7,9-11,18-22,25-28H2,1-5H3,(H2,37,41)/t33-/m0/s1. The number of unbranched alkanes of at least 4 members (excludes halogenated alkanes) is 3. The van der Waals surface area contributed by atoms with Crippen molar-refractivity contribution >= 4 is 24.0 Å². The molecule has 1 aliphatic heterocycles. The van der Waals surface area contributed by atoms with Crippen molar-refractivity contribution in [3.05, 3.63) is 59.2 Å². The molecule has 0 radical (unpaired) electrons. The third-order valence-electron chi connectivity index (χ3n) is 7.77. The number of rotatable bonds is 21. The van der Waals surface area contributed by atoms with Crippen LogP contribution in [0.15, 0.2) is 47.4 Å². The van der Waals surface area contributed by atoms with Crippen LogP contribution in [0.2, 0.25) is 25.7 Å². The number of benzene rings is 2. The number of nitrogens with one attached hydrogen (secondary N) is 1. The molecule has 2 aromatic carbocycles. The summed E-state index contributed by atoms with van der Waals surface area (Å²) in [6, 6.07) is 13.0. The number of fused-ring (bicyclic) bond motifs is 1. The van der Waals surface area contributed by atoms with Crippen molar-refractivity contribution in [2.75, 3.05) is 46.2 Å². The van der Waals surface area contributed by atoms with Gasteiger partial charge in [0, 0.05) is 59.2 Å². The van der Waals surface area contributed by atoms with Gasteiger partial charge in [-0.3, -0.25) is 4.79 Å². The van der Waals surface area contributed by atoms with Crippen LogP contribution in [0.25, 0.3) is 0 Å². The van der Waals surface area contributed by atoms with Gasteiger partial charge in [0.05, 0.1) is 30.8 Å². The molecule has 0 aliphatic carbocycles. The maximum Gasteiger partial charge on any atom is 0.245 e. The summed E-state index contributed by atoms with van der Waals surface area (Å²) >= 11 is 0. The van der Waals surface area contributed by atoms with Crippen molar-refractivity contribution in [2.24, 2.45) is 5.73 Å². The summed E-state index contributed by atoms with van der Waals surface area (Å²) in [6.45, 7) is 13.0. The first-order chi connectivity index (χ1) is 23.2. The lowest BCUT2D eigenvalue weighted by atomic mass is 10.0. The van der Waals surface area contributed by atoms with Crippen molar-refractivity contribution in [3.8, 4) is 17.6 Å². The van der Waals surface area contributed by atoms with Crippen molar-refractivity contribution < 1.29 is 37.3 Å². The van der Waals surface area contributed by atoms with Crippen LogP contribution in [0.4, 0.5) is 0 Å². The molecule has 0 saturated carbocycles. The van der Waals surface area contributed by atoms with Crippen molar-refractivity contribution in [3.63, 3.8) is 0 Å². The molecule has 0 bridgehead atoms. The van der Waals surface area contributed by atoms with Crippen LogP contribution in [0.3, 0.4) is 0 Å². The fourth-order valence-corrected chi connectivity index (χ4v) is 7.01. The van der Waals surface area contributed by atoms with E-state index in [0.29, 0.717) is 45.0 Å². The molecule has 1 heterocycles. The number of hydrogen-bond acceptors (Lipinski definition) is 9. The number of aliphatic hydroxyl groups is 1. The van der Waals surface area contributed by atoms with E-state index in [1.54, 1.807) is 12.1 Å². The molecule has 13 heteroatoms. The summed E-state index contributed by atoms with van der Waals surface area (Å²) in [4.78, 5) is 11.6. The van der Waals surface area contributed by atoms with Crippen LogP contribution in [-0.2, 0) is 35.6 Å². The zero-order chi connectivity index (χ0) is 35.9. The second-order valence-electron chi connectivity index (χ2n) is 13.9. The Kier molecular flexibility index (Phi) is 16.2. The molecule has 0 spiro atoms. The Hall–Kier alpha value is -2.80. The van der Waals surface area contributed by atoms with Gasteiger partial charge in [0.1, 0.15) is 12.5 Å². The number of sulfonamides is 1. The third-order valence-corrected chi connectivity index (χ3v) is 11.2. The lowest BCUT2D eigenvalue weighted by Crippen LogP contribution is -2.40. The average molecular weight is 718 g/mol. The number of aliphatic hydroxyl groups excluding tert-OH is 1. The Bertz CT molecular complexity index is 1520. The molecule has 0 fully saturated rings. The highest BCUT2D eigenvalue weighted by molar-refractivity contribution is 7.89. The van der Waals surface area contributed by atoms with Gasteiger partial charge in [-0.25, -0.2) is 8.42 Å². The van der Waals surface area contributed by atoms with E-state index in [0.717, 1.165) is 59.5 Å². The predicted molar refractivity (Wildman–Crippen MR) is 193 cm³/mol. The molecule has 0 saturated heterocycles. The van der Waals surface area contributed by atoms with E-state index < -0.39 is 42.4 Å². The molecular formula is C36H55N3O8SSi. The zero-order valence-corrected chi connectivity index (χ0v) is 31.6. The highest BCUT2D eigenvalue weighted by Gasteiger charge is 2.28. The Balaban J connectivity index is 1.29. The van der Waals surface area contributed by atoms with Crippen molar-refractivity contribution in [2.45, 2.75) is 95.0 Å². The van der Waals surface area contributed by atoms with E-state index in [1.165, 1.54) is 12.1 Å². The van der Waals surface area contributed by atoms with Crippen LogP contribution in [0.1, 0.15) is 68.7 Å². The number of carbonyl (C=O) groups excluding carboxylic acids is 1. The number of amides is 1. The molecule has 2 aromatic rings. The minimum Gasteiger partial charge on any atom is -0.463 e. The SMILES string of the molecule is CC1(C)OCc2cc([C@@H](O)CNCCCCCCOCCC#Cc3cccc(S(=O)(=O)N(COCC[Si](C)(C)C)CC(N)=O)c3)ccc2O1. The summed E-state index contributed by atoms with van der Waals surface area (Å²) in [5.41, 5.74) is 7.68. The van der Waals surface area contributed by atoms with Gasteiger partial charge in [-0.15, -0.1) is 0 Å². The van der Waals surface area contributed by atoms with Crippen LogP contribution in [0, 0.1) is 11.8 Å². The van der Waals surface area contributed by atoms with E-state index in [-0.39, 0.29) is 11.6 Å². The number of hydrogen-bond donors (Lipinski definition) is 3. The van der Waals surface area contributed by atoms with Crippen LogP contribution in [-0.4, -0.2) is 83.8 Å². The minimum absolute atomic E-state index is 0.0294. The number of nitrogens with zero attached hydrogens (tertiary/aromatic N) is 1. The molecule has 4 N–H and O–H groups in total. The molecule has 0 unspecified atom stereocenters. The fourth-order valence-electron chi connectivity index (χ4n) is 4.92. The predicted octanol–water partition coefficient (Wildman–Crippen LogP) is 4.76. The third kappa shape index (κ3) is 14.9. The maximum absolute atomic E-state index is 13.3. The van der Waals surface area contributed by atoms with E-state index >= 15 is 0 Å². The Morgan fingerprint density at radius 3 is 2.61 bits per heavy atom. The number of primary amides is 1. The monoisotopic (exact) mass is 717 g/mol. The number of nitrogens with two attached hydrogens (primary N) is 1. The van der Waals surface area contributed by atoms with E-state index in [2.05, 4.69) is 36.8 Å². The lowest BCUT2D eigenvalue weighted by molar-refractivity contribution is -0.180. The van der Waals surface area contributed by atoms with Gasteiger partial charge >= 0.3 is 0 Å². The highest BCUT2D eigenvalue weighted by Crippen LogP contribution is 2.32. The van der Waals surface area contributed by atoms with E-state index in [1.807, 2.05) is 32.0 Å². The molecule has 1 amide bonds. The lowest BCUT2D eigenvalue weighted by Gasteiger charge is -2.33. The van der Waals surface area contributed by atoms with Gasteiger partial charge in [0.15, 0.2) is 0 Å². The molecule has 272 valence electrons. The van der Waals surface area contributed by atoms with Crippen LogP contribution in [0.5, 0.6) is 5.75 Å². The van der Waals surface area contributed by atoms with Crippen molar-refractivity contribution in [1.82, 2.24) is 9.62 Å². The number of carbonyl (C=O) groups is 1. The Labute approximate surface area is 293 Å². The van der Waals surface area contributed by atoms with E-state index in [4.69, 9.17) is 24.7 Å². The fraction of sp³-hybridized carbons (Fsp3) is 0.583. The first-order valence-corrected chi connectivity index (χ1v) is 22.2. The van der Waals surface area contributed by atoms with Gasteiger partial charge in [0.2, 0.25) is 21.7 Å². The molecular weight excluding hydrogens is 663 g/mol. The van der Waals surface area contributed by atoms with Crippen LogP contribution >= 0.6 is 0 Å². The van der Waals surface area contributed by atoms with Gasteiger partial charge in [-0.1, -0.05) is 56.5 Å². The second-order valence-corrected chi connectivity index (χ2v) is 21.5. The van der Waals surface area contributed by atoms with Gasteiger partial charge < -0.3 is 35.1 Å². The minimum atomic E-state index is -4.01. The van der Waals surface area contributed by atoms with Gasteiger partial charge in [-0.2, -0.15) is 4.31 Å². The van der Waals surface area contributed by atoms with Gasteiger partial charge in [0.25, 0.3) is 0 Å². The molecule has 1 atom stereocenters. The molecule has 49 heavy (non-hydrogen) atoms. The molecule has 1 aliphatic rings. The van der Waals surface area contributed by atoms with E-state index in [9.17, 15) is 18.3 Å². The van der Waals surface area contributed by atoms with Crippen LogP contribution < -0.4 is 15.8 Å². The average Bonchev–Trinajstić information content (AvgIpc) is 3.03. The first-order valence-electron chi connectivity index (χ1n) is 17.0. The molecule has 3 rings (SSSR count). The second kappa shape index (κ2) is 19.6. The first kappa shape index (κ1) is 40.6. The topological polar surface area (TPSA) is 150 Å². The largest absolute Gasteiger partial charge is 0.463 e. The Morgan fingerprint density at radius 1 is 1.08 bits per heavy atom. The summed E-state index contributed by atoms with van der Waals surface area (Å²) < 4.78 is 50.4. The maximum atomic E-state index is 13.3. The molecule has 11 nitrogen and oxygen atoms in total. The molecule has 0 aromatic heterocycles. The normalized spacial score (nSPS) is 14.8. The number of ether oxygens (including phenoxy) is 4. The summed E-state index contributed by atoms with van der Waals surface area (Å²) in [6.07, 6.45) is 4.01. The van der Waals surface area contributed by atoms with Gasteiger partial charge in [-0.05, 0) is 61.3 Å². The summed E-state index contributed by atoms with van der Waals surface area (Å²) in [7, 11) is -5.36. The smallest absolute Gasteiger partial charge is 0.245 e. The summed E-state index contributed by atoms with van der Waals surface area (Å²) in [5.74, 6) is 5.46. The Morgan fingerprint density at radius 2 is 1.86 bits per heavy atom.